The number of carboxylic acid groups (broad SMARTS) is 1. The van der Waals surface area contributed by atoms with Crippen LogP contribution in [0.25, 0.3) is 0 Å². The molecule has 0 fully saturated rings. The summed E-state index contributed by atoms with van der Waals surface area (Å²) in [6.45, 7) is 0. The van der Waals surface area contributed by atoms with Crippen LogP contribution < -0.4 is 10.0 Å². The Labute approximate surface area is 126 Å². The summed E-state index contributed by atoms with van der Waals surface area (Å²) in [5.74, 6) is -1.40. The molecule has 3 rings (SSSR count). The fraction of sp³-hybridized carbons (Fsp3) is 0.125. The van der Waals surface area contributed by atoms with Gasteiger partial charge in [-0.2, -0.15) is 0 Å². The second-order valence-corrected chi connectivity index (χ2v) is 5.70. The summed E-state index contributed by atoms with van der Waals surface area (Å²) in [5.41, 5.74) is 2.23. The first kappa shape index (κ1) is 13.7. The van der Waals surface area contributed by atoms with Crippen molar-refractivity contribution in [1.82, 2.24) is 0 Å². The molecule has 4 nitrogen and oxygen atoms in total. The second kappa shape index (κ2) is 5.61. The van der Waals surface area contributed by atoms with E-state index in [0.717, 1.165) is 11.3 Å². The van der Waals surface area contributed by atoms with Crippen molar-refractivity contribution in [1.29, 1.82) is 0 Å². The lowest BCUT2D eigenvalue weighted by molar-refractivity contribution is -0.301. The average Bonchev–Trinajstić information content (AvgIpc) is 2.79. The molecular weight excluding hydrogens is 286 g/mol. The van der Waals surface area contributed by atoms with Gasteiger partial charge in [-0.15, -0.1) is 11.8 Å². The number of anilines is 1. The smallest absolute Gasteiger partial charge is 0.259 e. The number of carboxylic acids is 1. The van der Waals surface area contributed by atoms with E-state index in [1.54, 1.807) is 11.0 Å². The van der Waals surface area contributed by atoms with Crippen LogP contribution in [-0.4, -0.2) is 17.6 Å². The number of hydrogen-bond donors (Lipinski definition) is 0. The lowest BCUT2D eigenvalue weighted by Gasteiger charge is -2.25. The van der Waals surface area contributed by atoms with Crippen LogP contribution in [0.1, 0.15) is 21.3 Å². The second-order valence-electron chi connectivity index (χ2n) is 4.63. The fourth-order valence-corrected chi connectivity index (χ4v) is 3.48. The van der Waals surface area contributed by atoms with Crippen molar-refractivity contribution in [3.8, 4) is 0 Å². The monoisotopic (exact) mass is 298 g/mol. The van der Waals surface area contributed by atoms with Crippen LogP contribution in [0.15, 0.2) is 54.6 Å². The van der Waals surface area contributed by atoms with Gasteiger partial charge >= 0.3 is 0 Å². The normalized spacial score (nSPS) is 16.9. The van der Waals surface area contributed by atoms with Gasteiger partial charge in [0.05, 0.1) is 5.97 Å². The molecule has 1 amide bonds. The molecule has 21 heavy (non-hydrogen) atoms. The summed E-state index contributed by atoms with van der Waals surface area (Å²) < 4.78 is 0. The van der Waals surface area contributed by atoms with Crippen LogP contribution in [0.2, 0.25) is 0 Å². The van der Waals surface area contributed by atoms with E-state index in [1.807, 2.05) is 48.5 Å². The van der Waals surface area contributed by atoms with Gasteiger partial charge in [-0.05, 0) is 23.8 Å². The molecule has 1 aliphatic rings. The summed E-state index contributed by atoms with van der Waals surface area (Å²) in [5, 5.41) is 10.4. The molecule has 5 heteroatoms. The Bertz CT molecular complexity index is 687. The molecule has 1 heterocycles. The number of rotatable bonds is 4. The molecule has 0 N–H and O–H groups in total. The minimum atomic E-state index is -1.13. The van der Waals surface area contributed by atoms with E-state index < -0.39 is 5.97 Å². The highest BCUT2D eigenvalue weighted by atomic mass is 32.2. The van der Waals surface area contributed by atoms with Gasteiger partial charge in [0.25, 0.3) is 5.91 Å². The van der Waals surface area contributed by atoms with E-state index in [4.69, 9.17) is 0 Å². The van der Waals surface area contributed by atoms with E-state index in [1.165, 1.54) is 11.8 Å². The van der Waals surface area contributed by atoms with Gasteiger partial charge in [-0.1, -0.05) is 36.4 Å². The quantitative estimate of drug-likeness (QED) is 0.864. The topological polar surface area (TPSA) is 60.4 Å². The molecule has 0 aromatic heterocycles. The Morgan fingerprint density at radius 2 is 1.76 bits per heavy atom. The zero-order valence-corrected chi connectivity index (χ0v) is 11.9. The van der Waals surface area contributed by atoms with E-state index in [0.29, 0.717) is 5.56 Å². The van der Waals surface area contributed by atoms with Gasteiger partial charge in [0.2, 0.25) is 0 Å². The first-order valence-electron chi connectivity index (χ1n) is 6.47. The molecule has 0 radical (unpaired) electrons. The Morgan fingerprint density at radius 1 is 1.10 bits per heavy atom. The van der Waals surface area contributed by atoms with Crippen LogP contribution >= 0.6 is 11.8 Å². The number of hydrogen-bond acceptors (Lipinski definition) is 4. The van der Waals surface area contributed by atoms with Crippen LogP contribution in [0.5, 0.6) is 0 Å². The van der Waals surface area contributed by atoms with Crippen molar-refractivity contribution in [3.05, 3.63) is 65.7 Å². The SMILES string of the molecule is O=C([O-])CS[C@@H]1c2ccccc2C(=O)N1c1ccccc1. The first-order chi connectivity index (χ1) is 10.2. The predicted octanol–water partition coefficient (Wildman–Crippen LogP) is 1.83. The fourth-order valence-electron chi connectivity index (χ4n) is 2.43. The lowest BCUT2D eigenvalue weighted by Crippen LogP contribution is -2.29. The maximum absolute atomic E-state index is 12.6. The molecule has 106 valence electrons. The molecule has 0 aliphatic carbocycles. The summed E-state index contributed by atoms with van der Waals surface area (Å²) in [6.07, 6.45) is 0. The molecule has 0 saturated carbocycles. The van der Waals surface area contributed by atoms with Crippen molar-refractivity contribution >= 4 is 29.3 Å². The first-order valence-corrected chi connectivity index (χ1v) is 7.52. The number of benzene rings is 2. The molecule has 0 unspecified atom stereocenters. The van der Waals surface area contributed by atoms with Crippen LogP contribution in [0.4, 0.5) is 5.69 Å². The number of aliphatic carboxylic acids is 1. The van der Waals surface area contributed by atoms with E-state index in [2.05, 4.69) is 0 Å². The summed E-state index contributed by atoms with van der Waals surface area (Å²) in [6, 6.07) is 16.6. The Hall–Kier alpha value is -2.27. The van der Waals surface area contributed by atoms with Crippen molar-refractivity contribution < 1.29 is 14.7 Å². The summed E-state index contributed by atoms with van der Waals surface area (Å²) >= 11 is 1.18. The average molecular weight is 298 g/mol. The van der Waals surface area contributed by atoms with Crippen LogP contribution in [0.3, 0.4) is 0 Å². The molecule has 0 saturated heterocycles. The molecule has 0 spiro atoms. The van der Waals surface area contributed by atoms with E-state index in [-0.39, 0.29) is 17.0 Å². The third kappa shape index (κ3) is 2.52. The summed E-state index contributed by atoms with van der Waals surface area (Å²) in [4.78, 5) is 25.0. The highest BCUT2D eigenvalue weighted by Crippen LogP contribution is 2.43. The van der Waals surface area contributed by atoms with Gasteiger partial charge in [0, 0.05) is 17.0 Å². The number of nitrogens with zero attached hydrogens (tertiary/aromatic N) is 1. The standard InChI is InChI=1S/C16H13NO3S/c18-14(19)10-21-16-13-9-5-4-8-12(13)15(20)17(16)11-6-2-1-3-7-11/h1-9,16H,10H2,(H,18,19)/p-1/t16-/m1/s1. The number of carbonyl (C=O) groups excluding carboxylic acids is 2. The minimum absolute atomic E-state index is 0.104. The lowest BCUT2D eigenvalue weighted by atomic mass is 10.1. The number of carbonyl (C=O) groups is 2. The predicted molar refractivity (Wildman–Crippen MR) is 79.9 cm³/mol. The Kier molecular flexibility index (Phi) is 3.66. The van der Waals surface area contributed by atoms with Gasteiger partial charge in [-0.25, -0.2) is 0 Å². The Morgan fingerprint density at radius 3 is 2.48 bits per heavy atom. The third-order valence-corrected chi connectivity index (χ3v) is 4.49. The zero-order chi connectivity index (χ0) is 14.8. The number of thioether (sulfide) groups is 1. The molecule has 2 aromatic rings. The zero-order valence-electron chi connectivity index (χ0n) is 11.1. The van der Waals surface area contributed by atoms with Gasteiger partial charge in [0.15, 0.2) is 0 Å². The highest BCUT2D eigenvalue weighted by molar-refractivity contribution is 8.00. The molecule has 1 aliphatic heterocycles. The molecule has 1 atom stereocenters. The van der Waals surface area contributed by atoms with Crippen molar-refractivity contribution in [2.45, 2.75) is 5.37 Å². The van der Waals surface area contributed by atoms with Crippen molar-refractivity contribution in [2.24, 2.45) is 0 Å². The van der Waals surface area contributed by atoms with Crippen molar-refractivity contribution in [3.63, 3.8) is 0 Å². The highest BCUT2D eigenvalue weighted by Gasteiger charge is 2.37. The third-order valence-electron chi connectivity index (χ3n) is 3.30. The number of amides is 1. The van der Waals surface area contributed by atoms with Gasteiger partial charge in [-0.3, -0.25) is 9.69 Å². The maximum atomic E-state index is 12.6. The molecule has 0 bridgehead atoms. The van der Waals surface area contributed by atoms with Gasteiger partial charge < -0.3 is 9.90 Å². The molecular formula is C16H12NO3S-. The minimum Gasteiger partial charge on any atom is -0.549 e. The number of fused-ring (bicyclic) bond motifs is 1. The van der Waals surface area contributed by atoms with E-state index in [9.17, 15) is 14.7 Å². The van der Waals surface area contributed by atoms with Crippen molar-refractivity contribution in [2.75, 3.05) is 10.7 Å². The van der Waals surface area contributed by atoms with E-state index >= 15 is 0 Å². The van der Waals surface area contributed by atoms with Crippen LogP contribution in [-0.2, 0) is 4.79 Å². The maximum Gasteiger partial charge on any atom is 0.259 e. The van der Waals surface area contributed by atoms with Gasteiger partial charge in [0.1, 0.15) is 5.37 Å². The largest absolute Gasteiger partial charge is 0.549 e. The molecule has 2 aromatic carbocycles. The van der Waals surface area contributed by atoms with Crippen LogP contribution in [0, 0.1) is 0 Å². The number of para-hydroxylation sites is 1. The Balaban J connectivity index is 2.02. The summed E-state index contributed by atoms with van der Waals surface area (Å²) in [7, 11) is 0.